The quantitative estimate of drug-likeness (QED) is 0.183. The molecule has 0 fully saturated rings. The van der Waals surface area contributed by atoms with Gasteiger partial charge in [-0.1, -0.05) is 109 Å². The number of para-hydroxylation sites is 3. The lowest BCUT2D eigenvalue weighted by atomic mass is 10.0. The summed E-state index contributed by atoms with van der Waals surface area (Å²) in [5, 5.41) is 13.0. The first-order valence-electron chi connectivity index (χ1n) is 18.0. The first kappa shape index (κ1) is 27.5. The second kappa shape index (κ2) is 9.75. The van der Waals surface area contributed by atoms with Gasteiger partial charge < -0.3 is 8.82 Å². The van der Waals surface area contributed by atoms with Crippen molar-refractivity contribution in [2.24, 2.45) is 0 Å². The number of benzene rings is 8. The van der Waals surface area contributed by atoms with Crippen LogP contribution in [0.25, 0.3) is 121 Å². The van der Waals surface area contributed by atoms with Crippen LogP contribution in [0.4, 0.5) is 0 Å². The molecule has 5 aromatic heterocycles. The van der Waals surface area contributed by atoms with Gasteiger partial charge in [-0.15, -0.1) is 0 Å². The smallest absolute Gasteiger partial charge is 0.236 e. The van der Waals surface area contributed by atoms with Gasteiger partial charge in [-0.2, -0.15) is 0 Å². The zero-order valence-electron chi connectivity index (χ0n) is 28.2. The summed E-state index contributed by atoms with van der Waals surface area (Å²) >= 11 is 0. The summed E-state index contributed by atoms with van der Waals surface area (Å²) < 4.78 is 11.3. The Labute approximate surface area is 300 Å². The second-order valence-corrected chi connectivity index (χ2v) is 14.2. The fourth-order valence-electron chi connectivity index (χ4n) is 9.12. The van der Waals surface area contributed by atoms with Crippen LogP contribution in [0.3, 0.4) is 0 Å². The lowest BCUT2D eigenvalue weighted by Gasteiger charge is -2.10. The third-order valence-electron chi connectivity index (χ3n) is 11.4. The maximum absolute atomic E-state index is 6.60. The van der Waals surface area contributed by atoms with Crippen LogP contribution in [0, 0.1) is 0 Å². The van der Waals surface area contributed by atoms with Gasteiger partial charge in [0.1, 0.15) is 16.8 Å². The van der Waals surface area contributed by atoms with E-state index in [0.717, 1.165) is 44.2 Å². The van der Waals surface area contributed by atoms with Crippen molar-refractivity contribution in [3.8, 4) is 17.2 Å². The van der Waals surface area contributed by atoms with Crippen molar-refractivity contribution < 1.29 is 4.42 Å². The van der Waals surface area contributed by atoms with Crippen LogP contribution in [-0.4, -0.2) is 18.9 Å². The molecule has 0 spiro atoms. The first-order valence-corrected chi connectivity index (χ1v) is 18.0. The molecule has 53 heavy (non-hydrogen) atoms. The molecule has 5 heterocycles. The Morgan fingerprint density at radius 3 is 1.92 bits per heavy atom. The largest absolute Gasteiger partial charge is 0.452 e. The predicted octanol–water partition coefficient (Wildman–Crippen LogP) is 12.6. The summed E-state index contributed by atoms with van der Waals surface area (Å²) in [6.07, 6.45) is 0. The number of nitrogens with zero attached hydrogens (tertiary/aromatic N) is 4. The molecule has 244 valence electrons. The minimum atomic E-state index is 0.615. The van der Waals surface area contributed by atoms with Gasteiger partial charge in [-0.05, 0) is 70.1 Å². The Morgan fingerprint density at radius 2 is 1.09 bits per heavy atom. The molecule has 0 amide bonds. The first-order chi connectivity index (χ1) is 26.3. The minimum Gasteiger partial charge on any atom is -0.452 e. The molecule has 0 aliphatic rings. The zero-order valence-corrected chi connectivity index (χ0v) is 28.2. The normalized spacial score (nSPS) is 12.5. The molecule has 0 radical (unpaired) electrons. The highest BCUT2D eigenvalue weighted by atomic mass is 16.3. The van der Waals surface area contributed by atoms with Crippen LogP contribution < -0.4 is 0 Å². The Morgan fingerprint density at radius 1 is 0.434 bits per heavy atom. The molecule has 0 unspecified atom stereocenters. The Balaban J connectivity index is 1.26. The molecule has 5 nitrogen and oxygen atoms in total. The Bertz CT molecular complexity index is 3700. The lowest BCUT2D eigenvalue weighted by Crippen LogP contribution is -2.03. The maximum Gasteiger partial charge on any atom is 0.236 e. The summed E-state index contributed by atoms with van der Waals surface area (Å²) in [7, 11) is 0. The lowest BCUT2D eigenvalue weighted by molar-refractivity contribution is 0.666. The number of furan rings is 1. The van der Waals surface area contributed by atoms with Gasteiger partial charge in [0, 0.05) is 43.3 Å². The van der Waals surface area contributed by atoms with Gasteiger partial charge >= 0.3 is 0 Å². The molecule has 13 rings (SSSR count). The van der Waals surface area contributed by atoms with E-state index in [1.54, 1.807) is 0 Å². The van der Waals surface area contributed by atoms with E-state index in [1.165, 1.54) is 65.0 Å². The van der Waals surface area contributed by atoms with Crippen molar-refractivity contribution in [2.75, 3.05) is 0 Å². The van der Waals surface area contributed by atoms with E-state index in [1.807, 2.05) is 18.2 Å². The average Bonchev–Trinajstić information content (AvgIpc) is 3.94. The summed E-state index contributed by atoms with van der Waals surface area (Å²) in [5.41, 5.74) is 9.87. The predicted molar refractivity (Wildman–Crippen MR) is 219 cm³/mol. The van der Waals surface area contributed by atoms with Crippen molar-refractivity contribution in [1.29, 1.82) is 0 Å². The number of hydrogen-bond acceptors (Lipinski definition) is 3. The molecule has 0 bridgehead atoms. The van der Waals surface area contributed by atoms with Crippen LogP contribution >= 0.6 is 0 Å². The van der Waals surface area contributed by atoms with Crippen molar-refractivity contribution >= 4 is 104 Å². The van der Waals surface area contributed by atoms with E-state index in [0.29, 0.717) is 11.5 Å². The van der Waals surface area contributed by atoms with Crippen molar-refractivity contribution in [2.45, 2.75) is 0 Å². The highest BCUT2D eigenvalue weighted by Gasteiger charge is 2.26. The molecule has 0 atom stereocenters. The second-order valence-electron chi connectivity index (χ2n) is 14.2. The molecule has 0 saturated heterocycles. The number of rotatable bonds is 2. The molecular weight excluding hydrogens is 649 g/mol. The zero-order chi connectivity index (χ0) is 34.4. The van der Waals surface area contributed by atoms with E-state index >= 15 is 0 Å². The summed E-state index contributed by atoms with van der Waals surface area (Å²) in [6.45, 7) is 0. The van der Waals surface area contributed by atoms with Crippen molar-refractivity contribution in [1.82, 2.24) is 18.9 Å². The Kier molecular flexibility index (Phi) is 5.06. The highest BCUT2D eigenvalue weighted by molar-refractivity contribution is 6.36. The SMILES string of the molecule is c1ccc2cc(-c3nc(-n4c5cc6ccccc6cc5c5c6c7ccccc7n7c8ccccc8c(cc54)c67)nc4c3oc3ccccc34)ccc2c1. The van der Waals surface area contributed by atoms with E-state index in [9.17, 15) is 0 Å². The molecule has 8 aromatic carbocycles. The van der Waals surface area contributed by atoms with Crippen LogP contribution in [0.1, 0.15) is 0 Å². The monoisotopic (exact) mass is 674 g/mol. The fourth-order valence-corrected chi connectivity index (χ4v) is 9.12. The molecule has 0 N–H and O–H groups in total. The maximum atomic E-state index is 6.60. The van der Waals surface area contributed by atoms with Crippen LogP contribution in [0.5, 0.6) is 0 Å². The summed E-state index contributed by atoms with van der Waals surface area (Å²) in [4.78, 5) is 10.9. The van der Waals surface area contributed by atoms with E-state index in [4.69, 9.17) is 14.4 Å². The molecule has 0 saturated carbocycles. The van der Waals surface area contributed by atoms with Gasteiger partial charge in [0.15, 0.2) is 5.58 Å². The van der Waals surface area contributed by atoms with Gasteiger partial charge in [0.05, 0.1) is 27.6 Å². The molecule has 13 aromatic rings. The number of fused-ring (bicyclic) bond motifs is 15. The number of hydrogen-bond donors (Lipinski definition) is 0. The summed E-state index contributed by atoms with van der Waals surface area (Å²) in [5.74, 6) is 0.615. The topological polar surface area (TPSA) is 48.3 Å². The Hall–Kier alpha value is -7.24. The third kappa shape index (κ3) is 3.51. The minimum absolute atomic E-state index is 0.615. The van der Waals surface area contributed by atoms with Crippen molar-refractivity contribution in [3.05, 3.63) is 158 Å². The van der Waals surface area contributed by atoms with Crippen LogP contribution in [-0.2, 0) is 0 Å². The van der Waals surface area contributed by atoms with E-state index in [-0.39, 0.29) is 0 Å². The molecular formula is C48H26N4O. The average molecular weight is 675 g/mol. The standard InChI is InChI=1S/C48H26N4O/c1-2-12-28-23-31(22-21-27(28)11-1)44-47-45(34-17-7-10-20-41(34)53-47)50-48(49-44)52-39-25-30-14-4-3-13-29(30)24-36(39)42-40(52)26-35-32-15-5-8-18-37(32)51-38-19-9-6-16-33(38)43(42)46(35)51/h1-26H. The van der Waals surface area contributed by atoms with Gasteiger partial charge in [0.25, 0.3) is 0 Å². The van der Waals surface area contributed by atoms with Gasteiger partial charge in [-0.25, -0.2) is 9.97 Å². The van der Waals surface area contributed by atoms with E-state index in [2.05, 4.69) is 148 Å². The summed E-state index contributed by atoms with van der Waals surface area (Å²) in [6, 6.07) is 56.4. The fraction of sp³-hybridized carbons (Fsp3) is 0. The van der Waals surface area contributed by atoms with Crippen LogP contribution in [0.2, 0.25) is 0 Å². The number of aromatic nitrogens is 4. The van der Waals surface area contributed by atoms with Gasteiger partial charge in [-0.3, -0.25) is 4.57 Å². The van der Waals surface area contributed by atoms with E-state index < -0.39 is 0 Å². The molecule has 0 aliphatic carbocycles. The highest BCUT2D eigenvalue weighted by Crippen LogP contribution is 2.47. The van der Waals surface area contributed by atoms with Crippen LogP contribution in [0.15, 0.2) is 162 Å². The van der Waals surface area contributed by atoms with Crippen molar-refractivity contribution in [3.63, 3.8) is 0 Å². The molecule has 0 aliphatic heterocycles. The third-order valence-corrected chi connectivity index (χ3v) is 11.4. The van der Waals surface area contributed by atoms with Gasteiger partial charge in [0.2, 0.25) is 5.95 Å². The molecule has 5 heteroatoms.